The molecule has 160 valence electrons. The van der Waals surface area contributed by atoms with Gasteiger partial charge in [0.1, 0.15) is 6.04 Å². The summed E-state index contributed by atoms with van der Waals surface area (Å²) in [5, 5.41) is 2.95. The fourth-order valence-electron chi connectivity index (χ4n) is 5.14. The largest absolute Gasteiger partial charge is 0.343 e. The predicted octanol–water partition coefficient (Wildman–Crippen LogP) is 2.09. The van der Waals surface area contributed by atoms with Crippen LogP contribution in [0.2, 0.25) is 0 Å². The monoisotopic (exact) mass is 392 g/mol. The average molecular weight is 393 g/mol. The lowest BCUT2D eigenvalue weighted by Crippen LogP contribution is -2.52. The van der Waals surface area contributed by atoms with Gasteiger partial charge in [0, 0.05) is 32.2 Å². The molecule has 3 fully saturated rings. The number of carbonyl (C=O) groups is 2. The van der Waals surface area contributed by atoms with Gasteiger partial charge in [0.15, 0.2) is 0 Å². The number of likely N-dealkylation sites (tertiary alicyclic amines) is 3. The molecule has 6 nitrogen and oxygen atoms in total. The molecule has 0 aromatic heterocycles. The van der Waals surface area contributed by atoms with Crippen LogP contribution in [0.25, 0.3) is 0 Å². The molecule has 3 heterocycles. The van der Waals surface area contributed by atoms with Gasteiger partial charge in [-0.25, -0.2) is 0 Å². The maximum Gasteiger partial charge on any atom is 0.244 e. The lowest BCUT2D eigenvalue weighted by Gasteiger charge is -2.39. The van der Waals surface area contributed by atoms with Gasteiger partial charge in [-0.3, -0.25) is 14.5 Å². The van der Waals surface area contributed by atoms with E-state index in [0.29, 0.717) is 18.5 Å². The van der Waals surface area contributed by atoms with Crippen molar-refractivity contribution in [1.82, 2.24) is 20.0 Å². The molecule has 0 aromatic rings. The van der Waals surface area contributed by atoms with Gasteiger partial charge >= 0.3 is 0 Å². The summed E-state index contributed by atoms with van der Waals surface area (Å²) in [6.45, 7) is 10.7. The molecule has 3 aliphatic rings. The molecule has 2 amide bonds. The molecule has 3 aliphatic heterocycles. The number of piperidine rings is 3. The second-order valence-corrected chi connectivity index (χ2v) is 9.26. The first-order chi connectivity index (χ1) is 13.5. The highest BCUT2D eigenvalue weighted by Gasteiger charge is 2.28. The molecule has 0 spiro atoms. The molecular formula is C22H40N4O2. The number of rotatable bonds is 6. The molecular weight excluding hydrogens is 352 g/mol. The average Bonchev–Trinajstić information content (AvgIpc) is 2.70. The molecule has 3 rings (SSSR count). The predicted molar refractivity (Wildman–Crippen MR) is 112 cm³/mol. The SMILES string of the molecule is CC(NC(=O)CN1CCCC(CN2CCCCC2C)C1)C(=O)N1CCCCC1. The molecule has 3 atom stereocenters. The van der Waals surface area contributed by atoms with Crippen molar-refractivity contribution < 1.29 is 9.59 Å². The van der Waals surface area contributed by atoms with E-state index in [1.807, 2.05) is 11.8 Å². The maximum absolute atomic E-state index is 12.5. The minimum Gasteiger partial charge on any atom is -0.343 e. The number of hydrogen-bond donors (Lipinski definition) is 1. The van der Waals surface area contributed by atoms with Gasteiger partial charge in [0.2, 0.25) is 11.8 Å². The quantitative estimate of drug-likeness (QED) is 0.752. The molecule has 3 unspecified atom stereocenters. The summed E-state index contributed by atoms with van der Waals surface area (Å²) in [6, 6.07) is 0.287. The molecule has 0 saturated carbocycles. The van der Waals surface area contributed by atoms with Crippen molar-refractivity contribution >= 4 is 11.8 Å². The molecule has 6 heteroatoms. The van der Waals surface area contributed by atoms with Gasteiger partial charge < -0.3 is 15.1 Å². The van der Waals surface area contributed by atoms with Gasteiger partial charge in [0.25, 0.3) is 0 Å². The Balaban J connectivity index is 1.41. The second kappa shape index (κ2) is 10.6. The zero-order valence-electron chi connectivity index (χ0n) is 18.0. The van der Waals surface area contributed by atoms with E-state index in [1.165, 1.54) is 51.6 Å². The third kappa shape index (κ3) is 6.18. The highest BCUT2D eigenvalue weighted by molar-refractivity contribution is 5.88. The molecule has 28 heavy (non-hydrogen) atoms. The number of amides is 2. The Morgan fingerprint density at radius 2 is 1.71 bits per heavy atom. The normalized spacial score (nSPS) is 28.7. The first-order valence-electron chi connectivity index (χ1n) is 11.6. The Morgan fingerprint density at radius 1 is 0.964 bits per heavy atom. The van der Waals surface area contributed by atoms with Crippen LogP contribution in [0, 0.1) is 5.92 Å². The Labute approximate surface area is 171 Å². The lowest BCUT2D eigenvalue weighted by molar-refractivity contribution is -0.137. The van der Waals surface area contributed by atoms with E-state index in [2.05, 4.69) is 22.0 Å². The van der Waals surface area contributed by atoms with E-state index in [4.69, 9.17) is 0 Å². The smallest absolute Gasteiger partial charge is 0.244 e. The van der Waals surface area contributed by atoms with E-state index in [9.17, 15) is 9.59 Å². The van der Waals surface area contributed by atoms with Crippen LogP contribution in [0.15, 0.2) is 0 Å². The van der Waals surface area contributed by atoms with E-state index in [0.717, 1.165) is 39.0 Å². The summed E-state index contributed by atoms with van der Waals surface area (Å²) in [5.41, 5.74) is 0. The zero-order valence-corrected chi connectivity index (χ0v) is 18.0. The maximum atomic E-state index is 12.5. The third-order valence-electron chi connectivity index (χ3n) is 6.82. The molecule has 0 aromatic carbocycles. The van der Waals surface area contributed by atoms with Crippen LogP contribution in [0.5, 0.6) is 0 Å². The number of nitrogens with one attached hydrogen (secondary N) is 1. The summed E-state index contributed by atoms with van der Waals surface area (Å²) in [5.74, 6) is 0.725. The molecule has 1 N–H and O–H groups in total. The number of carbonyl (C=O) groups excluding carboxylic acids is 2. The fraction of sp³-hybridized carbons (Fsp3) is 0.909. The van der Waals surface area contributed by atoms with Crippen molar-refractivity contribution in [1.29, 1.82) is 0 Å². The van der Waals surface area contributed by atoms with E-state index >= 15 is 0 Å². The lowest BCUT2D eigenvalue weighted by atomic mass is 9.95. The van der Waals surface area contributed by atoms with Crippen LogP contribution in [0.1, 0.15) is 65.2 Å². The summed E-state index contributed by atoms with van der Waals surface area (Å²) < 4.78 is 0. The number of hydrogen-bond acceptors (Lipinski definition) is 4. The first kappa shape index (κ1) is 21.6. The Hall–Kier alpha value is -1.14. The molecule has 0 radical (unpaired) electrons. The summed E-state index contributed by atoms with van der Waals surface area (Å²) in [7, 11) is 0. The van der Waals surface area contributed by atoms with Crippen LogP contribution in [-0.2, 0) is 9.59 Å². The Morgan fingerprint density at radius 3 is 2.46 bits per heavy atom. The van der Waals surface area contributed by atoms with Crippen LogP contribution in [0.3, 0.4) is 0 Å². The second-order valence-electron chi connectivity index (χ2n) is 9.26. The van der Waals surface area contributed by atoms with Crippen molar-refractivity contribution in [3.63, 3.8) is 0 Å². The van der Waals surface area contributed by atoms with Crippen molar-refractivity contribution in [2.75, 3.05) is 45.8 Å². The third-order valence-corrected chi connectivity index (χ3v) is 6.82. The first-order valence-corrected chi connectivity index (χ1v) is 11.6. The minimum atomic E-state index is -0.416. The molecule has 0 bridgehead atoms. The number of nitrogens with zero attached hydrogens (tertiary/aromatic N) is 3. The van der Waals surface area contributed by atoms with Crippen molar-refractivity contribution in [3.05, 3.63) is 0 Å². The topological polar surface area (TPSA) is 55.9 Å². The fourth-order valence-corrected chi connectivity index (χ4v) is 5.14. The Kier molecular flexibility index (Phi) is 8.15. The van der Waals surface area contributed by atoms with Crippen LogP contribution >= 0.6 is 0 Å². The van der Waals surface area contributed by atoms with Crippen molar-refractivity contribution in [2.45, 2.75) is 77.3 Å². The van der Waals surface area contributed by atoms with E-state index in [-0.39, 0.29) is 11.8 Å². The molecule has 0 aliphatic carbocycles. The standard InChI is InChI=1S/C22H40N4O2/c1-18-9-4-7-14-26(18)16-20-10-8-11-24(15-20)17-21(27)23-19(2)22(28)25-12-5-3-6-13-25/h18-20H,3-17H2,1-2H3,(H,23,27). The zero-order chi connectivity index (χ0) is 19.9. The van der Waals surface area contributed by atoms with Gasteiger partial charge in [-0.05, 0) is 77.8 Å². The molecule has 3 saturated heterocycles. The van der Waals surface area contributed by atoms with Gasteiger partial charge in [-0.1, -0.05) is 6.42 Å². The highest BCUT2D eigenvalue weighted by Crippen LogP contribution is 2.22. The van der Waals surface area contributed by atoms with E-state index in [1.54, 1.807) is 0 Å². The summed E-state index contributed by atoms with van der Waals surface area (Å²) in [4.78, 5) is 31.9. The summed E-state index contributed by atoms with van der Waals surface area (Å²) >= 11 is 0. The Bertz CT molecular complexity index is 521. The van der Waals surface area contributed by atoms with Crippen LogP contribution < -0.4 is 5.32 Å². The summed E-state index contributed by atoms with van der Waals surface area (Å²) in [6.07, 6.45) is 9.82. The van der Waals surface area contributed by atoms with Gasteiger partial charge in [-0.15, -0.1) is 0 Å². The van der Waals surface area contributed by atoms with Crippen LogP contribution in [-0.4, -0.2) is 84.4 Å². The van der Waals surface area contributed by atoms with E-state index < -0.39 is 6.04 Å². The van der Waals surface area contributed by atoms with Crippen molar-refractivity contribution in [2.24, 2.45) is 5.92 Å². The van der Waals surface area contributed by atoms with Gasteiger partial charge in [-0.2, -0.15) is 0 Å². The van der Waals surface area contributed by atoms with Gasteiger partial charge in [0.05, 0.1) is 6.54 Å². The van der Waals surface area contributed by atoms with Crippen LogP contribution in [0.4, 0.5) is 0 Å². The minimum absolute atomic E-state index is 0.00940. The van der Waals surface area contributed by atoms with Crippen molar-refractivity contribution in [3.8, 4) is 0 Å². The highest BCUT2D eigenvalue weighted by atomic mass is 16.2.